The summed E-state index contributed by atoms with van der Waals surface area (Å²) in [5, 5.41) is 14.7. The standard InChI is InChI=1S/C17H26N4O6S2/c1-28(24,25)19-11-7-14(8-12-19)18-16-6-5-15(13-17(16)21(22)23)29(26,27)20-9-3-2-4-10-20/h5-6,13-14,18H,2-4,7-12H2,1H3. The van der Waals surface area contributed by atoms with Gasteiger partial charge in [-0.25, -0.2) is 21.1 Å². The van der Waals surface area contributed by atoms with Crippen molar-refractivity contribution in [1.82, 2.24) is 8.61 Å². The number of hydrogen-bond acceptors (Lipinski definition) is 7. The van der Waals surface area contributed by atoms with Crippen LogP contribution in [-0.4, -0.2) is 68.8 Å². The summed E-state index contributed by atoms with van der Waals surface area (Å²) in [5.74, 6) is 0. The number of nitro benzene ring substituents is 1. The Hall–Kier alpha value is -1.76. The molecule has 0 unspecified atom stereocenters. The lowest BCUT2D eigenvalue weighted by atomic mass is 10.1. The second kappa shape index (κ2) is 8.54. The van der Waals surface area contributed by atoms with Crippen LogP contribution in [0.15, 0.2) is 23.1 Å². The lowest BCUT2D eigenvalue weighted by Gasteiger charge is -2.31. The minimum atomic E-state index is -3.76. The van der Waals surface area contributed by atoms with Crippen LogP contribution in [0, 0.1) is 10.1 Å². The molecule has 2 saturated heterocycles. The lowest BCUT2D eigenvalue weighted by molar-refractivity contribution is -0.384. The first-order valence-corrected chi connectivity index (χ1v) is 12.9. The molecule has 0 saturated carbocycles. The third-order valence-corrected chi connectivity index (χ3v) is 8.60. The van der Waals surface area contributed by atoms with Gasteiger partial charge in [0.05, 0.1) is 16.1 Å². The Kier molecular flexibility index (Phi) is 6.46. The van der Waals surface area contributed by atoms with E-state index in [0.717, 1.165) is 31.6 Å². The van der Waals surface area contributed by atoms with Gasteiger partial charge in [-0.1, -0.05) is 6.42 Å². The fourth-order valence-corrected chi connectivity index (χ4v) is 6.16. The summed E-state index contributed by atoms with van der Waals surface area (Å²) in [4.78, 5) is 10.9. The van der Waals surface area contributed by atoms with Crippen LogP contribution in [-0.2, 0) is 20.0 Å². The Balaban J connectivity index is 1.78. The predicted octanol–water partition coefficient (Wildman–Crippen LogP) is 1.61. The summed E-state index contributed by atoms with van der Waals surface area (Å²) >= 11 is 0. The van der Waals surface area contributed by atoms with Crippen molar-refractivity contribution in [2.24, 2.45) is 0 Å². The Labute approximate surface area is 171 Å². The second-order valence-corrected chi connectivity index (χ2v) is 11.4. The molecule has 0 aromatic heterocycles. The zero-order chi connectivity index (χ0) is 21.2. The number of anilines is 1. The van der Waals surface area contributed by atoms with Crippen molar-refractivity contribution in [3.8, 4) is 0 Å². The largest absolute Gasteiger partial charge is 0.377 e. The summed E-state index contributed by atoms with van der Waals surface area (Å²) in [6.07, 6.45) is 4.73. The van der Waals surface area contributed by atoms with E-state index in [0.29, 0.717) is 39.0 Å². The second-order valence-electron chi connectivity index (χ2n) is 7.48. The Morgan fingerprint density at radius 3 is 2.17 bits per heavy atom. The van der Waals surface area contributed by atoms with Gasteiger partial charge in [0, 0.05) is 38.3 Å². The molecule has 2 aliphatic rings. The maximum atomic E-state index is 12.8. The molecule has 2 heterocycles. The molecule has 12 heteroatoms. The maximum absolute atomic E-state index is 12.8. The van der Waals surface area contributed by atoms with Crippen molar-refractivity contribution in [3.05, 3.63) is 28.3 Å². The monoisotopic (exact) mass is 446 g/mol. The maximum Gasteiger partial charge on any atom is 0.293 e. The summed E-state index contributed by atoms with van der Waals surface area (Å²) < 4.78 is 51.6. The zero-order valence-corrected chi connectivity index (χ0v) is 17.9. The topological polar surface area (TPSA) is 130 Å². The molecule has 162 valence electrons. The fourth-order valence-electron chi connectivity index (χ4n) is 3.75. The van der Waals surface area contributed by atoms with Crippen LogP contribution in [0.1, 0.15) is 32.1 Å². The minimum Gasteiger partial charge on any atom is -0.377 e. The number of rotatable bonds is 6. The van der Waals surface area contributed by atoms with E-state index in [1.165, 1.54) is 20.7 Å². The van der Waals surface area contributed by atoms with Crippen molar-refractivity contribution in [2.75, 3.05) is 37.8 Å². The molecule has 29 heavy (non-hydrogen) atoms. The van der Waals surface area contributed by atoms with Gasteiger partial charge in [-0.3, -0.25) is 10.1 Å². The molecular formula is C17H26N4O6S2. The summed E-state index contributed by atoms with van der Waals surface area (Å²) in [7, 11) is -7.01. The SMILES string of the molecule is CS(=O)(=O)N1CCC(Nc2ccc(S(=O)(=O)N3CCCCC3)cc2[N+](=O)[O-])CC1. The molecule has 1 N–H and O–H groups in total. The normalized spacial score (nSPS) is 20.4. The molecule has 0 bridgehead atoms. The first-order valence-electron chi connectivity index (χ1n) is 9.59. The van der Waals surface area contributed by atoms with Crippen molar-refractivity contribution in [1.29, 1.82) is 0 Å². The molecule has 1 aromatic rings. The molecular weight excluding hydrogens is 420 g/mol. The molecule has 2 fully saturated rings. The number of nitro groups is 1. The fraction of sp³-hybridized carbons (Fsp3) is 0.647. The Bertz CT molecular complexity index is 966. The first kappa shape index (κ1) is 21.9. The van der Waals surface area contributed by atoms with Crippen LogP contribution in [0.25, 0.3) is 0 Å². The van der Waals surface area contributed by atoms with E-state index in [1.807, 2.05) is 0 Å². The van der Waals surface area contributed by atoms with E-state index >= 15 is 0 Å². The molecule has 2 aliphatic heterocycles. The van der Waals surface area contributed by atoms with Gasteiger partial charge in [-0.15, -0.1) is 0 Å². The lowest BCUT2D eigenvalue weighted by Crippen LogP contribution is -2.41. The highest BCUT2D eigenvalue weighted by atomic mass is 32.2. The van der Waals surface area contributed by atoms with E-state index in [2.05, 4.69) is 5.32 Å². The van der Waals surface area contributed by atoms with Gasteiger partial charge in [-0.05, 0) is 37.8 Å². The predicted molar refractivity (Wildman–Crippen MR) is 109 cm³/mol. The molecule has 3 rings (SSSR count). The number of hydrogen-bond donors (Lipinski definition) is 1. The molecule has 0 radical (unpaired) electrons. The Morgan fingerprint density at radius 2 is 1.62 bits per heavy atom. The highest BCUT2D eigenvalue weighted by Crippen LogP contribution is 2.31. The van der Waals surface area contributed by atoms with Gasteiger partial charge < -0.3 is 5.32 Å². The number of nitrogens with one attached hydrogen (secondary N) is 1. The smallest absolute Gasteiger partial charge is 0.293 e. The molecule has 0 spiro atoms. The Morgan fingerprint density at radius 1 is 1.00 bits per heavy atom. The van der Waals surface area contributed by atoms with E-state index < -0.39 is 25.0 Å². The molecule has 0 amide bonds. The molecule has 10 nitrogen and oxygen atoms in total. The summed E-state index contributed by atoms with van der Waals surface area (Å²) in [5.41, 5.74) is -0.0565. The first-order chi connectivity index (χ1) is 13.6. The van der Waals surface area contributed by atoms with Crippen molar-refractivity contribution < 1.29 is 21.8 Å². The molecule has 0 atom stereocenters. The highest BCUT2D eigenvalue weighted by Gasteiger charge is 2.30. The van der Waals surface area contributed by atoms with E-state index in [4.69, 9.17) is 0 Å². The van der Waals surface area contributed by atoms with Gasteiger partial charge in [0.2, 0.25) is 20.0 Å². The van der Waals surface area contributed by atoms with E-state index in [-0.39, 0.29) is 22.3 Å². The molecule has 1 aromatic carbocycles. The number of piperidine rings is 2. The van der Waals surface area contributed by atoms with Crippen LogP contribution >= 0.6 is 0 Å². The quantitative estimate of drug-likeness (QED) is 0.519. The average Bonchev–Trinajstić information content (AvgIpc) is 2.68. The minimum absolute atomic E-state index is 0.0801. The van der Waals surface area contributed by atoms with Gasteiger partial charge in [0.15, 0.2) is 0 Å². The van der Waals surface area contributed by atoms with E-state index in [1.54, 1.807) is 0 Å². The number of sulfonamides is 2. The third kappa shape index (κ3) is 5.05. The van der Waals surface area contributed by atoms with Crippen LogP contribution < -0.4 is 5.32 Å². The van der Waals surface area contributed by atoms with Crippen LogP contribution in [0.3, 0.4) is 0 Å². The molecule has 0 aliphatic carbocycles. The number of nitrogens with zero attached hydrogens (tertiary/aromatic N) is 3. The van der Waals surface area contributed by atoms with Gasteiger partial charge >= 0.3 is 0 Å². The third-order valence-electron chi connectivity index (χ3n) is 5.40. The summed E-state index contributed by atoms with van der Waals surface area (Å²) in [6, 6.07) is 3.80. The average molecular weight is 447 g/mol. The highest BCUT2D eigenvalue weighted by molar-refractivity contribution is 7.89. The summed E-state index contributed by atoms with van der Waals surface area (Å²) in [6.45, 7) is 1.53. The van der Waals surface area contributed by atoms with Gasteiger partial charge in [-0.2, -0.15) is 4.31 Å². The number of benzene rings is 1. The van der Waals surface area contributed by atoms with Crippen molar-refractivity contribution in [3.63, 3.8) is 0 Å². The van der Waals surface area contributed by atoms with Crippen molar-refractivity contribution in [2.45, 2.75) is 43.0 Å². The van der Waals surface area contributed by atoms with Gasteiger partial charge in [0.25, 0.3) is 5.69 Å². The van der Waals surface area contributed by atoms with Crippen LogP contribution in [0.5, 0.6) is 0 Å². The van der Waals surface area contributed by atoms with Crippen molar-refractivity contribution >= 4 is 31.4 Å². The van der Waals surface area contributed by atoms with E-state index in [9.17, 15) is 26.9 Å². The van der Waals surface area contributed by atoms with Crippen LogP contribution in [0.2, 0.25) is 0 Å². The zero-order valence-electron chi connectivity index (χ0n) is 16.3. The van der Waals surface area contributed by atoms with Gasteiger partial charge in [0.1, 0.15) is 5.69 Å². The van der Waals surface area contributed by atoms with Crippen LogP contribution in [0.4, 0.5) is 11.4 Å².